The molecule has 2 aliphatic rings. The van der Waals surface area contributed by atoms with E-state index in [1.165, 1.54) is 25.7 Å². The van der Waals surface area contributed by atoms with Crippen LogP contribution in [0, 0.1) is 0 Å². The van der Waals surface area contributed by atoms with E-state index in [-0.39, 0.29) is 0 Å². The molecule has 5 heterocycles. The molecule has 6 rings (SSSR count). The number of hydrogen-bond donors (Lipinski definition) is 1. The van der Waals surface area contributed by atoms with Crippen LogP contribution in [0.4, 0.5) is 17.6 Å². The van der Waals surface area contributed by atoms with Crippen LogP contribution >= 0.6 is 0 Å². The highest BCUT2D eigenvalue weighted by Gasteiger charge is 2.23. The molecule has 4 aromatic heterocycles. The van der Waals surface area contributed by atoms with Gasteiger partial charge in [-0.05, 0) is 31.0 Å². The Morgan fingerprint density at radius 2 is 1.86 bits per heavy atom. The van der Waals surface area contributed by atoms with Crippen molar-refractivity contribution in [3.8, 4) is 0 Å². The Bertz CT molecular complexity index is 1290. The molecule has 10 heteroatoms. The van der Waals surface area contributed by atoms with Gasteiger partial charge in [-0.1, -0.05) is 12.8 Å². The molecule has 35 heavy (non-hydrogen) atoms. The largest absolute Gasteiger partial charge is 0.383 e. The molecule has 0 amide bonds. The van der Waals surface area contributed by atoms with Gasteiger partial charge in [0, 0.05) is 69.0 Å². The smallest absolute Gasteiger partial charge is 0.230 e. The maximum Gasteiger partial charge on any atom is 0.230 e. The summed E-state index contributed by atoms with van der Waals surface area (Å²) >= 11 is 0. The number of hydrogen-bond acceptors (Lipinski definition) is 9. The fourth-order valence-corrected chi connectivity index (χ4v) is 5.35. The Balaban J connectivity index is 1.21. The normalized spacial score (nSPS) is 17.6. The molecule has 1 aliphatic carbocycles. The van der Waals surface area contributed by atoms with E-state index in [1.54, 1.807) is 7.11 Å². The molecular weight excluding hydrogens is 442 g/mol. The van der Waals surface area contributed by atoms with Gasteiger partial charge in [-0.25, -0.2) is 4.98 Å². The standard InChI is InChI=1S/C25H31N9O/c1-35-15-14-32-10-12-33(13-11-32)23-7-6-22(30-31-23)28-25-27-16-20-19-8-9-26-17-21(19)34(24(20)29-25)18-4-2-3-5-18/h6-9,16-18H,2-5,10-15H2,1H3,(H,27,28,29,30). The van der Waals surface area contributed by atoms with Gasteiger partial charge in [0.15, 0.2) is 11.6 Å². The Kier molecular flexibility index (Phi) is 6.13. The first-order valence-corrected chi connectivity index (χ1v) is 12.5. The molecule has 0 spiro atoms. The summed E-state index contributed by atoms with van der Waals surface area (Å²) in [4.78, 5) is 18.6. The highest BCUT2D eigenvalue weighted by molar-refractivity contribution is 6.06. The van der Waals surface area contributed by atoms with Crippen molar-refractivity contribution in [2.45, 2.75) is 31.7 Å². The van der Waals surface area contributed by atoms with Crippen LogP contribution < -0.4 is 10.2 Å². The highest BCUT2D eigenvalue weighted by atomic mass is 16.5. The predicted molar refractivity (Wildman–Crippen MR) is 136 cm³/mol. The number of nitrogens with one attached hydrogen (secondary N) is 1. The number of ether oxygens (including phenoxy) is 1. The third-order valence-corrected chi connectivity index (χ3v) is 7.23. The molecule has 1 N–H and O–H groups in total. The zero-order valence-corrected chi connectivity index (χ0v) is 20.1. The van der Waals surface area contributed by atoms with Crippen LogP contribution in [0.25, 0.3) is 21.9 Å². The minimum Gasteiger partial charge on any atom is -0.383 e. The maximum absolute atomic E-state index is 5.19. The fourth-order valence-electron chi connectivity index (χ4n) is 5.35. The van der Waals surface area contributed by atoms with Gasteiger partial charge in [-0.15, -0.1) is 10.2 Å². The van der Waals surface area contributed by atoms with Crippen molar-refractivity contribution >= 4 is 39.5 Å². The molecule has 4 aromatic rings. The van der Waals surface area contributed by atoms with E-state index in [2.05, 4.69) is 45.9 Å². The summed E-state index contributed by atoms with van der Waals surface area (Å²) < 4.78 is 7.55. The minimum absolute atomic E-state index is 0.455. The lowest BCUT2D eigenvalue weighted by molar-refractivity contribution is 0.144. The lowest BCUT2D eigenvalue weighted by Crippen LogP contribution is -2.47. The monoisotopic (exact) mass is 473 g/mol. The van der Waals surface area contributed by atoms with Crippen LogP contribution in [-0.2, 0) is 4.74 Å². The first-order chi connectivity index (χ1) is 17.3. The van der Waals surface area contributed by atoms with Gasteiger partial charge in [0.2, 0.25) is 5.95 Å². The molecule has 182 valence electrons. The van der Waals surface area contributed by atoms with Gasteiger partial charge < -0.3 is 19.5 Å². The summed E-state index contributed by atoms with van der Waals surface area (Å²) in [6.07, 6.45) is 10.6. The SMILES string of the molecule is COCCN1CCN(c2ccc(Nc3ncc4c5ccncc5n(C5CCCC5)c4n3)nn2)CC1. The van der Waals surface area contributed by atoms with Crippen molar-refractivity contribution < 1.29 is 4.74 Å². The van der Waals surface area contributed by atoms with Gasteiger partial charge in [0.25, 0.3) is 0 Å². The van der Waals surface area contributed by atoms with Gasteiger partial charge in [0.1, 0.15) is 5.65 Å². The number of nitrogens with zero attached hydrogens (tertiary/aromatic N) is 8. The third-order valence-electron chi connectivity index (χ3n) is 7.23. The maximum atomic E-state index is 5.19. The molecule has 0 atom stereocenters. The molecule has 2 fully saturated rings. The summed E-state index contributed by atoms with van der Waals surface area (Å²) in [7, 11) is 1.75. The van der Waals surface area contributed by atoms with E-state index in [9.17, 15) is 0 Å². The highest BCUT2D eigenvalue weighted by Crippen LogP contribution is 2.37. The molecule has 1 aliphatic heterocycles. The molecule has 0 bridgehead atoms. The van der Waals surface area contributed by atoms with Gasteiger partial charge in [-0.2, -0.15) is 4.98 Å². The second kappa shape index (κ2) is 9.71. The number of aromatic nitrogens is 6. The second-order valence-corrected chi connectivity index (χ2v) is 9.36. The van der Waals surface area contributed by atoms with Gasteiger partial charge in [0.05, 0.1) is 18.3 Å². The van der Waals surface area contributed by atoms with Crippen LogP contribution in [0.15, 0.2) is 36.8 Å². The van der Waals surface area contributed by atoms with Gasteiger partial charge >= 0.3 is 0 Å². The van der Waals surface area contributed by atoms with Crippen LogP contribution in [0.1, 0.15) is 31.7 Å². The molecule has 0 radical (unpaired) electrons. The predicted octanol–water partition coefficient (Wildman–Crippen LogP) is 3.40. The van der Waals surface area contributed by atoms with Crippen molar-refractivity contribution in [3.05, 3.63) is 36.8 Å². The lowest BCUT2D eigenvalue weighted by Gasteiger charge is -2.34. The number of methoxy groups -OCH3 is 1. The summed E-state index contributed by atoms with van der Waals surface area (Å²) in [5.41, 5.74) is 2.08. The van der Waals surface area contributed by atoms with Crippen LogP contribution in [-0.4, -0.2) is 81.1 Å². The third kappa shape index (κ3) is 4.39. The molecule has 0 aromatic carbocycles. The number of fused-ring (bicyclic) bond motifs is 3. The molecular formula is C25H31N9O. The van der Waals surface area contributed by atoms with Crippen molar-refractivity contribution in [3.63, 3.8) is 0 Å². The topological polar surface area (TPSA) is 97.1 Å². The van der Waals surface area contributed by atoms with Crippen molar-refractivity contribution in [2.24, 2.45) is 0 Å². The summed E-state index contributed by atoms with van der Waals surface area (Å²) in [6.45, 7) is 5.62. The Labute approximate surface area is 204 Å². The lowest BCUT2D eigenvalue weighted by atomic mass is 10.2. The van der Waals surface area contributed by atoms with E-state index in [0.717, 1.165) is 67.1 Å². The Morgan fingerprint density at radius 3 is 2.63 bits per heavy atom. The number of rotatable bonds is 7. The van der Waals surface area contributed by atoms with Crippen LogP contribution in [0.2, 0.25) is 0 Å². The van der Waals surface area contributed by atoms with E-state index in [1.807, 2.05) is 30.7 Å². The first-order valence-electron chi connectivity index (χ1n) is 12.5. The zero-order chi connectivity index (χ0) is 23.6. The number of anilines is 3. The number of pyridine rings is 1. The van der Waals surface area contributed by atoms with Crippen molar-refractivity contribution in [1.29, 1.82) is 0 Å². The number of piperazine rings is 1. The Morgan fingerprint density at radius 1 is 1.00 bits per heavy atom. The summed E-state index contributed by atoms with van der Waals surface area (Å²) in [5.74, 6) is 2.06. The minimum atomic E-state index is 0.455. The summed E-state index contributed by atoms with van der Waals surface area (Å²) in [5, 5.41) is 14.3. The Hall–Kier alpha value is -3.37. The quantitative estimate of drug-likeness (QED) is 0.433. The summed E-state index contributed by atoms with van der Waals surface area (Å²) in [6, 6.07) is 6.47. The molecule has 1 saturated heterocycles. The van der Waals surface area contributed by atoms with E-state index >= 15 is 0 Å². The molecule has 0 unspecified atom stereocenters. The van der Waals surface area contributed by atoms with E-state index in [0.29, 0.717) is 17.8 Å². The van der Waals surface area contributed by atoms with Crippen molar-refractivity contribution in [1.82, 2.24) is 34.6 Å². The average molecular weight is 474 g/mol. The van der Waals surface area contributed by atoms with Crippen molar-refractivity contribution in [2.75, 3.05) is 56.7 Å². The van der Waals surface area contributed by atoms with Crippen LogP contribution in [0.5, 0.6) is 0 Å². The van der Waals surface area contributed by atoms with Crippen LogP contribution in [0.3, 0.4) is 0 Å². The molecule has 1 saturated carbocycles. The average Bonchev–Trinajstić information content (AvgIpc) is 3.54. The second-order valence-electron chi connectivity index (χ2n) is 9.36. The van der Waals surface area contributed by atoms with E-state index in [4.69, 9.17) is 9.72 Å². The first kappa shape index (κ1) is 22.1. The molecule has 10 nitrogen and oxygen atoms in total. The van der Waals surface area contributed by atoms with E-state index < -0.39 is 0 Å². The fraction of sp³-hybridized carbons (Fsp3) is 0.480. The van der Waals surface area contributed by atoms with Gasteiger partial charge in [-0.3, -0.25) is 9.88 Å². The zero-order valence-electron chi connectivity index (χ0n) is 20.1.